The molecule has 5 rings (SSSR count). The van der Waals surface area contributed by atoms with Gasteiger partial charge in [0.25, 0.3) is 0 Å². The predicted octanol–water partition coefficient (Wildman–Crippen LogP) is 6.66. The van der Waals surface area contributed by atoms with E-state index in [0.717, 1.165) is 11.3 Å². The molecule has 0 unspecified atom stereocenters. The zero-order valence-corrected chi connectivity index (χ0v) is 23.8. The molecule has 5 aromatic rings. The first kappa shape index (κ1) is 22.9. The number of nitrogens with two attached hydrogens (primary N) is 1. The maximum Gasteiger partial charge on any atom is 0.212 e. The zero-order valence-electron chi connectivity index (χ0n) is 25.8. The molecule has 0 aliphatic rings. The second kappa shape index (κ2) is 10.2. The number of nitrogens with zero attached hydrogens (tertiary/aromatic N) is 5. The molecule has 0 atom stereocenters. The summed E-state index contributed by atoms with van der Waals surface area (Å²) in [6, 6.07) is 18.8. The Labute approximate surface area is 234 Å². The van der Waals surface area contributed by atoms with E-state index in [2.05, 4.69) is 56.0 Å². The van der Waals surface area contributed by atoms with Gasteiger partial charge in [-0.05, 0) is 66.2 Å². The third-order valence-corrected chi connectivity index (χ3v) is 11.8. The lowest BCUT2D eigenvalue weighted by Crippen LogP contribution is -2.40. The van der Waals surface area contributed by atoms with Crippen LogP contribution in [0.4, 0.5) is 5.82 Å². The maximum atomic E-state index is 7.29. The Morgan fingerprint density at radius 3 is 2.44 bits per heavy atom. The molecule has 0 saturated carbocycles. The van der Waals surface area contributed by atoms with E-state index in [0.29, 0.717) is 46.2 Å². The molecule has 4 heterocycles. The van der Waals surface area contributed by atoms with E-state index in [1.165, 1.54) is 12.3 Å². The first-order valence-corrected chi connectivity index (χ1v) is 15.6. The number of rotatable bonds is 7. The first-order chi connectivity index (χ1) is 19.7. The topological polar surface area (TPSA) is 101 Å². The summed E-state index contributed by atoms with van der Waals surface area (Å²) in [5, 5.41) is 0.128. The Hall–Kier alpha value is -4.08. The van der Waals surface area contributed by atoms with Crippen molar-refractivity contribution in [2.45, 2.75) is 45.5 Å². The third-order valence-electron chi connectivity index (χ3n) is 7.32. The van der Waals surface area contributed by atoms with Gasteiger partial charge < -0.3 is 14.9 Å². The number of hydrogen-bond acceptors (Lipinski definition) is 7. The van der Waals surface area contributed by atoms with E-state index in [-0.39, 0.29) is 10.9 Å². The van der Waals surface area contributed by atoms with Crippen LogP contribution in [0.5, 0.6) is 5.88 Å². The molecule has 9 heteroatoms. The molecule has 0 aliphatic carbocycles. The largest absolute Gasteiger partial charge is 0.481 e. The Kier molecular flexibility index (Phi) is 6.00. The van der Waals surface area contributed by atoms with E-state index in [4.69, 9.17) is 29.0 Å². The Morgan fingerprint density at radius 1 is 0.974 bits per heavy atom. The van der Waals surface area contributed by atoms with Crippen LogP contribution in [0.2, 0.25) is 18.1 Å². The van der Waals surface area contributed by atoms with E-state index in [9.17, 15) is 0 Å². The van der Waals surface area contributed by atoms with Gasteiger partial charge in [-0.3, -0.25) is 4.57 Å². The van der Waals surface area contributed by atoms with Crippen LogP contribution in [0.1, 0.15) is 30.4 Å². The van der Waals surface area contributed by atoms with Gasteiger partial charge >= 0.3 is 0 Å². The minimum Gasteiger partial charge on any atom is -0.481 e. The minimum atomic E-state index is -2.57. The summed E-state index contributed by atoms with van der Waals surface area (Å²) < 4.78 is 35.2. The van der Waals surface area contributed by atoms with Crippen LogP contribution in [0.25, 0.3) is 39.5 Å². The van der Waals surface area contributed by atoms with Crippen LogP contribution < -0.4 is 10.5 Å². The van der Waals surface area contributed by atoms with Crippen molar-refractivity contribution >= 4 is 25.3 Å². The van der Waals surface area contributed by atoms with Crippen molar-refractivity contribution < 1.29 is 13.3 Å². The van der Waals surface area contributed by atoms with Gasteiger partial charge in [-0.25, -0.2) is 19.9 Å². The number of methoxy groups -OCH3 is 1. The summed E-state index contributed by atoms with van der Waals surface area (Å²) in [5.74, 6) is 0.990. The summed E-state index contributed by atoms with van der Waals surface area (Å²) >= 11 is 0. The fraction of sp³-hybridized carbons (Fsp3) is 0.267. The number of pyridine rings is 3. The van der Waals surface area contributed by atoms with Crippen molar-refractivity contribution in [1.82, 2.24) is 24.5 Å². The van der Waals surface area contributed by atoms with Crippen LogP contribution in [0.3, 0.4) is 0 Å². The number of imidazole rings is 1. The second-order valence-electron chi connectivity index (χ2n) is 10.9. The number of fused-ring (bicyclic) bond motifs is 1. The number of aromatic nitrogens is 5. The summed E-state index contributed by atoms with van der Waals surface area (Å²) in [4.78, 5) is 18.3. The summed E-state index contributed by atoms with van der Waals surface area (Å²) in [5.41, 5.74) is 11.5. The van der Waals surface area contributed by atoms with Gasteiger partial charge in [0.1, 0.15) is 11.3 Å². The molecule has 0 aliphatic heterocycles. The maximum absolute atomic E-state index is 7.29. The number of nitrogen functional groups attached to an aromatic ring is 1. The molecule has 39 heavy (non-hydrogen) atoms. The van der Waals surface area contributed by atoms with Crippen molar-refractivity contribution in [2.75, 3.05) is 12.8 Å². The molecular weight excluding hydrogens is 504 g/mol. The molecule has 0 saturated heterocycles. The molecule has 0 bridgehead atoms. The van der Waals surface area contributed by atoms with Crippen LogP contribution in [0, 0.1) is 0 Å². The van der Waals surface area contributed by atoms with E-state index in [1.807, 2.05) is 41.0 Å². The lowest BCUT2D eigenvalue weighted by Gasteiger charge is -2.36. The van der Waals surface area contributed by atoms with Crippen LogP contribution in [-0.2, 0) is 11.0 Å². The molecule has 200 valence electrons. The summed E-state index contributed by atoms with van der Waals surface area (Å²) in [7, 11) is -4.47. The summed E-state index contributed by atoms with van der Waals surface area (Å²) in [6.45, 7) is 11.7. The number of ether oxygens (including phenoxy) is 1. The molecule has 8 nitrogen and oxygen atoms in total. The van der Waals surface area contributed by atoms with Crippen molar-refractivity contribution in [2.24, 2.45) is 0 Å². The summed E-state index contributed by atoms with van der Waals surface area (Å²) in [6.07, 6.45) is 3.18. The highest BCUT2D eigenvalue weighted by Crippen LogP contribution is 2.37. The predicted molar refractivity (Wildman–Crippen MR) is 158 cm³/mol. The van der Waals surface area contributed by atoms with Gasteiger partial charge in [-0.15, -0.1) is 0 Å². The van der Waals surface area contributed by atoms with Crippen molar-refractivity contribution in [1.29, 1.82) is 0 Å². The van der Waals surface area contributed by atoms with Crippen molar-refractivity contribution in [3.8, 4) is 34.2 Å². The van der Waals surface area contributed by atoms with Gasteiger partial charge in [-0.2, -0.15) is 0 Å². The highest BCUT2D eigenvalue weighted by atomic mass is 28.4. The standard InChI is InChI=1S/C30H34N6O2Si/c1-30(2,3)39(5,6)38-19-20-9-12-22(13-10-20)36-28(23-8-7-17-32-27(23)31)35-25-15-14-24(34-29(25)36)21-11-16-26(37-4)33-18-21/h7-18H,19H2,1-6H3,(H2,31,32)/i4D3. The van der Waals surface area contributed by atoms with Crippen molar-refractivity contribution in [3.63, 3.8) is 0 Å². The fourth-order valence-corrected chi connectivity index (χ4v) is 4.92. The smallest absolute Gasteiger partial charge is 0.212 e. The van der Waals surface area contributed by atoms with Gasteiger partial charge in [0.05, 0.1) is 29.0 Å². The van der Waals surface area contributed by atoms with Crippen LogP contribution in [0.15, 0.2) is 73.1 Å². The minimum absolute atomic E-state index is 0.0110. The lowest BCUT2D eigenvalue weighted by molar-refractivity contribution is 0.276. The van der Waals surface area contributed by atoms with E-state index < -0.39 is 15.4 Å². The van der Waals surface area contributed by atoms with Crippen LogP contribution in [-0.4, -0.2) is 39.9 Å². The average molecular weight is 542 g/mol. The van der Waals surface area contributed by atoms with Gasteiger partial charge in [-0.1, -0.05) is 32.9 Å². The molecule has 0 spiro atoms. The van der Waals surface area contributed by atoms with Crippen molar-refractivity contribution in [3.05, 3.63) is 78.6 Å². The lowest BCUT2D eigenvalue weighted by atomic mass is 10.2. The molecule has 1 aromatic carbocycles. The number of hydrogen-bond donors (Lipinski definition) is 1. The highest BCUT2D eigenvalue weighted by Gasteiger charge is 2.37. The normalized spacial score (nSPS) is 13.6. The molecule has 0 radical (unpaired) electrons. The molecule has 4 aromatic heterocycles. The molecule has 2 N–H and O–H groups in total. The molecule has 0 amide bonds. The number of benzene rings is 1. The highest BCUT2D eigenvalue weighted by molar-refractivity contribution is 6.74. The average Bonchev–Trinajstić information content (AvgIpc) is 3.30. The van der Waals surface area contributed by atoms with E-state index in [1.54, 1.807) is 12.3 Å². The Morgan fingerprint density at radius 2 is 1.77 bits per heavy atom. The first-order valence-electron chi connectivity index (χ1n) is 14.2. The fourth-order valence-electron chi connectivity index (χ4n) is 3.96. The number of anilines is 1. The molecule has 0 fully saturated rings. The van der Waals surface area contributed by atoms with Gasteiger partial charge in [0.15, 0.2) is 19.8 Å². The monoisotopic (exact) mass is 541 g/mol. The molecular formula is C30H34N6O2Si. The second-order valence-corrected chi connectivity index (χ2v) is 15.8. The zero-order chi connectivity index (χ0) is 30.3. The SMILES string of the molecule is [2H]C([2H])([2H])Oc1ccc(-c2ccc3nc(-c4cccnc4N)n(-c4ccc(CO[Si](C)(C)C(C)(C)C)cc4)c3n2)cn1. The third kappa shape index (κ3) is 5.28. The van der Waals surface area contributed by atoms with E-state index >= 15 is 0 Å². The quantitative estimate of drug-likeness (QED) is 0.230. The Bertz CT molecular complexity index is 1710. The Balaban J connectivity index is 1.55. The van der Waals surface area contributed by atoms with Gasteiger partial charge in [0.2, 0.25) is 5.88 Å². The van der Waals surface area contributed by atoms with Gasteiger partial charge in [0, 0.05) is 29.7 Å². The van der Waals surface area contributed by atoms with Crippen LogP contribution >= 0.6 is 0 Å².